The number of aryl methyl sites for hydroxylation is 1. The van der Waals surface area contributed by atoms with Crippen molar-refractivity contribution >= 4 is 5.65 Å². The molecular weight excluding hydrogens is 292 g/mol. The van der Waals surface area contributed by atoms with E-state index >= 15 is 0 Å². The Balaban J connectivity index is 1.53. The molecule has 1 aliphatic rings. The zero-order valence-corrected chi connectivity index (χ0v) is 13.1. The molecule has 3 aromatic heterocycles. The predicted octanol–water partition coefficient (Wildman–Crippen LogP) is 1.14. The van der Waals surface area contributed by atoms with Gasteiger partial charge in [0, 0.05) is 56.3 Å². The summed E-state index contributed by atoms with van der Waals surface area (Å²) in [5.41, 5.74) is 2.73. The number of piperidine rings is 1. The van der Waals surface area contributed by atoms with Crippen molar-refractivity contribution < 1.29 is 0 Å². The van der Waals surface area contributed by atoms with Gasteiger partial charge in [0.2, 0.25) is 0 Å². The number of nitrogens with one attached hydrogen (secondary N) is 1. The van der Waals surface area contributed by atoms with Gasteiger partial charge in [-0.25, -0.2) is 9.50 Å². The van der Waals surface area contributed by atoms with Crippen LogP contribution in [0.1, 0.15) is 30.1 Å². The average Bonchev–Trinajstić information content (AvgIpc) is 3.16. The molecule has 23 heavy (non-hydrogen) atoms. The van der Waals surface area contributed by atoms with E-state index in [9.17, 15) is 4.79 Å². The van der Waals surface area contributed by atoms with Gasteiger partial charge >= 0.3 is 0 Å². The molecule has 0 saturated carbocycles. The van der Waals surface area contributed by atoms with Gasteiger partial charge in [0.05, 0.1) is 5.69 Å². The Labute approximate surface area is 133 Å². The molecule has 1 atom stereocenters. The molecule has 0 radical (unpaired) electrons. The summed E-state index contributed by atoms with van der Waals surface area (Å²) in [4.78, 5) is 19.0. The molecule has 0 amide bonds. The van der Waals surface area contributed by atoms with E-state index in [-0.39, 0.29) is 5.56 Å². The molecule has 1 fully saturated rings. The van der Waals surface area contributed by atoms with Gasteiger partial charge < -0.3 is 0 Å². The second kappa shape index (κ2) is 5.66. The van der Waals surface area contributed by atoms with E-state index in [0.717, 1.165) is 25.2 Å². The van der Waals surface area contributed by atoms with Crippen LogP contribution in [0.3, 0.4) is 0 Å². The number of likely N-dealkylation sites (tertiary alicyclic amines) is 1. The third-order valence-electron chi connectivity index (χ3n) is 4.60. The molecule has 1 N–H and O–H groups in total. The number of aromatic nitrogens is 5. The summed E-state index contributed by atoms with van der Waals surface area (Å²) in [6.45, 7) is 2.74. The van der Waals surface area contributed by atoms with Gasteiger partial charge in [-0.05, 0) is 25.5 Å². The van der Waals surface area contributed by atoms with Crippen LogP contribution in [-0.2, 0) is 13.6 Å². The Morgan fingerprint density at radius 3 is 3.13 bits per heavy atom. The van der Waals surface area contributed by atoms with Crippen molar-refractivity contribution in [2.24, 2.45) is 7.05 Å². The van der Waals surface area contributed by atoms with E-state index in [1.54, 1.807) is 12.3 Å². The lowest BCUT2D eigenvalue weighted by atomic mass is 9.94. The van der Waals surface area contributed by atoms with Crippen LogP contribution in [0.4, 0.5) is 0 Å². The zero-order chi connectivity index (χ0) is 15.8. The normalized spacial score (nSPS) is 19.4. The molecule has 0 unspecified atom stereocenters. The minimum absolute atomic E-state index is 0.0600. The predicted molar refractivity (Wildman–Crippen MR) is 86.3 cm³/mol. The standard InChI is InChI=1S/C16H20N6O/c1-20-14(4-6-17-20)12-3-2-8-21(10-12)11-13-9-16(23)22-15(19-13)5-7-18-22/h4-7,9,12,18H,2-3,8,10-11H2,1H3/t12-/m1/s1. The van der Waals surface area contributed by atoms with Gasteiger partial charge in [-0.3, -0.25) is 19.5 Å². The molecule has 0 aliphatic carbocycles. The fourth-order valence-corrected chi connectivity index (χ4v) is 3.51. The Morgan fingerprint density at radius 2 is 2.30 bits per heavy atom. The van der Waals surface area contributed by atoms with Gasteiger partial charge in [0.15, 0.2) is 5.65 Å². The van der Waals surface area contributed by atoms with Crippen LogP contribution in [0.15, 0.2) is 35.4 Å². The third kappa shape index (κ3) is 2.68. The first-order valence-corrected chi connectivity index (χ1v) is 7.97. The topological polar surface area (TPSA) is 71.2 Å². The molecule has 7 nitrogen and oxygen atoms in total. The van der Waals surface area contributed by atoms with Crippen molar-refractivity contribution in [2.75, 3.05) is 13.1 Å². The molecule has 120 valence electrons. The van der Waals surface area contributed by atoms with Gasteiger partial charge in [-0.15, -0.1) is 0 Å². The zero-order valence-electron chi connectivity index (χ0n) is 13.1. The highest BCUT2D eigenvalue weighted by molar-refractivity contribution is 5.36. The first-order valence-electron chi connectivity index (χ1n) is 7.97. The summed E-state index contributed by atoms with van der Waals surface area (Å²) in [7, 11) is 2.00. The monoisotopic (exact) mass is 312 g/mol. The summed E-state index contributed by atoms with van der Waals surface area (Å²) in [5.74, 6) is 0.494. The molecule has 0 spiro atoms. The van der Waals surface area contributed by atoms with E-state index in [4.69, 9.17) is 0 Å². The maximum absolute atomic E-state index is 12.1. The Morgan fingerprint density at radius 1 is 1.39 bits per heavy atom. The highest BCUT2D eigenvalue weighted by Crippen LogP contribution is 2.26. The van der Waals surface area contributed by atoms with Crippen molar-refractivity contribution in [3.05, 3.63) is 52.3 Å². The van der Waals surface area contributed by atoms with Crippen LogP contribution in [0.25, 0.3) is 5.65 Å². The molecule has 0 bridgehead atoms. The largest absolute Gasteiger partial charge is 0.297 e. The van der Waals surface area contributed by atoms with Crippen molar-refractivity contribution in [1.82, 2.24) is 29.3 Å². The number of hydrogen-bond donors (Lipinski definition) is 1. The first kappa shape index (κ1) is 14.2. The summed E-state index contributed by atoms with van der Waals surface area (Å²) < 4.78 is 3.42. The highest BCUT2D eigenvalue weighted by Gasteiger charge is 2.23. The quantitative estimate of drug-likeness (QED) is 0.787. The lowest BCUT2D eigenvalue weighted by Crippen LogP contribution is -2.35. The summed E-state index contributed by atoms with van der Waals surface area (Å²) in [6, 6.07) is 5.54. The number of fused-ring (bicyclic) bond motifs is 1. The van der Waals surface area contributed by atoms with E-state index in [1.165, 1.54) is 16.6 Å². The highest BCUT2D eigenvalue weighted by atomic mass is 16.1. The van der Waals surface area contributed by atoms with Crippen LogP contribution in [0.5, 0.6) is 0 Å². The smallest absolute Gasteiger partial charge is 0.272 e. The lowest BCUT2D eigenvalue weighted by Gasteiger charge is -2.32. The van der Waals surface area contributed by atoms with Crippen LogP contribution >= 0.6 is 0 Å². The second-order valence-corrected chi connectivity index (χ2v) is 6.20. The maximum Gasteiger partial charge on any atom is 0.272 e. The Kier molecular flexibility index (Phi) is 3.49. The minimum atomic E-state index is -0.0600. The van der Waals surface area contributed by atoms with Crippen LogP contribution in [-0.4, -0.2) is 42.4 Å². The van der Waals surface area contributed by atoms with Crippen LogP contribution in [0, 0.1) is 0 Å². The van der Waals surface area contributed by atoms with Crippen molar-refractivity contribution in [3.8, 4) is 0 Å². The summed E-state index contributed by atoms with van der Waals surface area (Å²) >= 11 is 0. The SMILES string of the molecule is Cn1nccc1[C@@H]1CCCN(Cc2cc(=O)n3[nH]ccc3n2)C1. The van der Waals surface area contributed by atoms with Crippen LogP contribution < -0.4 is 5.56 Å². The molecule has 7 heteroatoms. The minimum Gasteiger partial charge on any atom is -0.297 e. The van der Waals surface area contributed by atoms with Crippen LogP contribution in [0.2, 0.25) is 0 Å². The average molecular weight is 312 g/mol. The maximum atomic E-state index is 12.1. The van der Waals surface area contributed by atoms with Crippen molar-refractivity contribution in [1.29, 1.82) is 0 Å². The second-order valence-electron chi connectivity index (χ2n) is 6.20. The van der Waals surface area contributed by atoms with Gasteiger partial charge in [-0.2, -0.15) is 5.10 Å². The number of hydrogen-bond acceptors (Lipinski definition) is 4. The van der Waals surface area contributed by atoms with E-state index in [1.807, 2.05) is 24.0 Å². The lowest BCUT2D eigenvalue weighted by molar-refractivity contribution is 0.194. The Bertz CT molecular complexity index is 876. The number of rotatable bonds is 3. The first-order chi connectivity index (χ1) is 11.2. The van der Waals surface area contributed by atoms with E-state index in [2.05, 4.69) is 26.1 Å². The molecule has 3 aromatic rings. The van der Waals surface area contributed by atoms with Gasteiger partial charge in [0.25, 0.3) is 5.56 Å². The molecule has 4 heterocycles. The van der Waals surface area contributed by atoms with Gasteiger partial charge in [0.1, 0.15) is 0 Å². The summed E-state index contributed by atoms with van der Waals surface area (Å²) in [6.07, 6.45) is 5.92. The molecule has 1 saturated heterocycles. The fraction of sp³-hybridized carbons (Fsp3) is 0.438. The number of nitrogens with zero attached hydrogens (tertiary/aromatic N) is 5. The molecule has 0 aromatic carbocycles. The fourth-order valence-electron chi connectivity index (χ4n) is 3.51. The van der Waals surface area contributed by atoms with Crippen molar-refractivity contribution in [3.63, 3.8) is 0 Å². The third-order valence-corrected chi connectivity index (χ3v) is 4.60. The molecule has 1 aliphatic heterocycles. The van der Waals surface area contributed by atoms with Gasteiger partial charge in [-0.1, -0.05) is 0 Å². The molecule has 4 rings (SSSR count). The Hall–Kier alpha value is -2.41. The summed E-state index contributed by atoms with van der Waals surface area (Å²) in [5, 5.41) is 7.15. The number of H-pyrrole nitrogens is 1. The van der Waals surface area contributed by atoms with E-state index in [0.29, 0.717) is 18.1 Å². The van der Waals surface area contributed by atoms with E-state index < -0.39 is 0 Å². The van der Waals surface area contributed by atoms with Crippen molar-refractivity contribution in [2.45, 2.75) is 25.3 Å². The molecular formula is C16H20N6O. The number of aromatic amines is 1.